The number of nitrogens with zero attached hydrogens (tertiary/aromatic N) is 2. The smallest absolute Gasteiger partial charge is 0.232 e. The van der Waals surface area contributed by atoms with Gasteiger partial charge in [-0.15, -0.1) is 0 Å². The van der Waals surface area contributed by atoms with Gasteiger partial charge >= 0.3 is 0 Å². The molecule has 0 aliphatic rings. The lowest BCUT2D eigenvalue weighted by Gasteiger charge is -2.06. The number of imidazole rings is 1. The first-order chi connectivity index (χ1) is 6.11. The minimum Gasteiger partial charge on any atom is -0.348 e. The fraction of sp³-hybridized carbons (Fsp3) is 0.500. The van der Waals surface area contributed by atoms with Gasteiger partial charge in [0.05, 0.1) is 11.8 Å². The van der Waals surface area contributed by atoms with Crippen molar-refractivity contribution < 1.29 is 4.79 Å². The maximum absolute atomic E-state index is 11.1. The quantitative estimate of drug-likeness (QED) is 0.690. The number of aromatic nitrogens is 2. The fourth-order valence-corrected chi connectivity index (χ4v) is 0.972. The Morgan fingerprint density at radius 2 is 2.54 bits per heavy atom. The first kappa shape index (κ1) is 10.1. The van der Waals surface area contributed by atoms with Gasteiger partial charge in [-0.1, -0.05) is 0 Å². The number of carbonyl (C=O) groups excluding carboxylic acids is 1. The van der Waals surface area contributed by atoms with Crippen molar-refractivity contribution in [3.63, 3.8) is 0 Å². The lowest BCUT2D eigenvalue weighted by atomic mass is 10.4. The third kappa shape index (κ3) is 2.77. The number of hydrogen-bond donors (Lipinski definition) is 2. The third-order valence-corrected chi connectivity index (χ3v) is 1.96. The molecule has 1 rings (SSSR count). The van der Waals surface area contributed by atoms with E-state index >= 15 is 0 Å². The Labute approximate surface area is 82.8 Å². The van der Waals surface area contributed by atoms with Crippen LogP contribution in [-0.4, -0.2) is 20.7 Å². The number of aryl methyl sites for hydroxylation is 1. The van der Waals surface area contributed by atoms with Gasteiger partial charge in [0.25, 0.3) is 0 Å². The van der Waals surface area contributed by atoms with Gasteiger partial charge in [-0.05, 0) is 6.92 Å². The highest BCUT2D eigenvalue weighted by Crippen LogP contribution is 1.95. The van der Waals surface area contributed by atoms with Crippen LogP contribution >= 0.6 is 12.6 Å². The highest BCUT2D eigenvalue weighted by Gasteiger charge is 2.07. The molecule has 4 nitrogen and oxygen atoms in total. The van der Waals surface area contributed by atoms with Crippen molar-refractivity contribution in [2.24, 2.45) is 7.05 Å². The molecule has 0 radical (unpaired) electrons. The molecule has 0 spiro atoms. The molecule has 1 amide bonds. The number of nitrogens with one attached hydrogen (secondary N) is 1. The Morgan fingerprint density at radius 1 is 1.85 bits per heavy atom. The molecular formula is C8H13N3OS. The molecule has 1 atom stereocenters. The predicted octanol–water partition coefficient (Wildman–Crippen LogP) is 0.355. The van der Waals surface area contributed by atoms with Crippen LogP contribution in [0, 0.1) is 0 Å². The molecule has 1 unspecified atom stereocenters. The second-order valence-electron chi connectivity index (χ2n) is 2.85. The van der Waals surface area contributed by atoms with Crippen molar-refractivity contribution >= 4 is 18.5 Å². The highest BCUT2D eigenvalue weighted by atomic mass is 32.1. The molecule has 1 heterocycles. The monoisotopic (exact) mass is 199 g/mol. The third-order valence-electron chi connectivity index (χ3n) is 1.72. The van der Waals surface area contributed by atoms with Gasteiger partial charge in [0.2, 0.25) is 5.91 Å². The van der Waals surface area contributed by atoms with Crippen molar-refractivity contribution in [3.8, 4) is 0 Å². The normalized spacial score (nSPS) is 12.5. The van der Waals surface area contributed by atoms with Crippen LogP contribution in [0.4, 0.5) is 0 Å². The van der Waals surface area contributed by atoms with E-state index in [4.69, 9.17) is 0 Å². The lowest BCUT2D eigenvalue weighted by Crippen LogP contribution is -2.30. The van der Waals surface area contributed by atoms with E-state index in [1.54, 1.807) is 13.1 Å². The van der Waals surface area contributed by atoms with Crippen molar-refractivity contribution in [2.75, 3.05) is 0 Å². The number of amides is 1. The van der Waals surface area contributed by atoms with Crippen LogP contribution in [0.5, 0.6) is 0 Å². The average molecular weight is 199 g/mol. The van der Waals surface area contributed by atoms with Crippen LogP contribution in [0.2, 0.25) is 0 Å². The summed E-state index contributed by atoms with van der Waals surface area (Å²) in [6, 6.07) is 0. The molecule has 1 aromatic rings. The Morgan fingerprint density at radius 3 is 3.00 bits per heavy atom. The van der Waals surface area contributed by atoms with E-state index in [2.05, 4.69) is 22.9 Å². The van der Waals surface area contributed by atoms with Crippen LogP contribution in [0.25, 0.3) is 0 Å². The lowest BCUT2D eigenvalue weighted by molar-refractivity contribution is -0.120. The second kappa shape index (κ2) is 4.32. The summed E-state index contributed by atoms with van der Waals surface area (Å²) in [4.78, 5) is 15.2. The Kier molecular flexibility index (Phi) is 3.36. The minimum absolute atomic E-state index is 0.0775. The zero-order chi connectivity index (χ0) is 9.84. The molecule has 0 saturated heterocycles. The highest BCUT2D eigenvalue weighted by molar-refractivity contribution is 7.81. The molecule has 13 heavy (non-hydrogen) atoms. The fourth-order valence-electron chi connectivity index (χ4n) is 0.881. The molecule has 0 saturated carbocycles. The van der Waals surface area contributed by atoms with Crippen LogP contribution in [0.3, 0.4) is 0 Å². The van der Waals surface area contributed by atoms with Crippen molar-refractivity contribution in [1.29, 1.82) is 0 Å². The molecular weight excluding hydrogens is 186 g/mol. The summed E-state index contributed by atoms with van der Waals surface area (Å²) in [6.45, 7) is 2.18. The van der Waals surface area contributed by atoms with E-state index in [9.17, 15) is 4.79 Å². The largest absolute Gasteiger partial charge is 0.348 e. The molecule has 0 aromatic carbocycles. The summed E-state index contributed by atoms with van der Waals surface area (Å²) < 4.78 is 1.86. The van der Waals surface area contributed by atoms with Crippen molar-refractivity contribution in [2.45, 2.75) is 18.7 Å². The summed E-state index contributed by atoms with van der Waals surface area (Å²) >= 11 is 4.01. The van der Waals surface area contributed by atoms with Crippen molar-refractivity contribution in [3.05, 3.63) is 18.2 Å². The number of rotatable bonds is 3. The van der Waals surface area contributed by atoms with Gasteiger partial charge in [-0.25, -0.2) is 4.98 Å². The SMILES string of the molecule is CC(S)C(=O)NCc1nccn1C. The molecule has 5 heteroatoms. The van der Waals surface area contributed by atoms with E-state index in [1.165, 1.54) is 0 Å². The minimum atomic E-state index is -0.278. The summed E-state index contributed by atoms with van der Waals surface area (Å²) in [6.07, 6.45) is 3.54. The molecule has 1 N–H and O–H groups in total. The van der Waals surface area contributed by atoms with Crippen LogP contribution in [-0.2, 0) is 18.4 Å². The predicted molar refractivity (Wildman–Crippen MR) is 53.5 cm³/mol. The topological polar surface area (TPSA) is 46.9 Å². The first-order valence-electron chi connectivity index (χ1n) is 4.03. The average Bonchev–Trinajstić information content (AvgIpc) is 2.47. The number of carbonyl (C=O) groups is 1. The molecule has 1 aromatic heterocycles. The molecule has 0 bridgehead atoms. The van der Waals surface area contributed by atoms with Gasteiger partial charge in [0, 0.05) is 19.4 Å². The van der Waals surface area contributed by atoms with Gasteiger partial charge in [-0.2, -0.15) is 12.6 Å². The van der Waals surface area contributed by atoms with Gasteiger partial charge in [-0.3, -0.25) is 4.79 Å². The molecule has 72 valence electrons. The standard InChI is InChI=1S/C8H13N3OS/c1-6(13)8(12)10-5-7-9-3-4-11(7)2/h3-4,6,13H,5H2,1-2H3,(H,10,12). The van der Waals surface area contributed by atoms with Gasteiger partial charge < -0.3 is 9.88 Å². The van der Waals surface area contributed by atoms with Gasteiger partial charge in [0.1, 0.15) is 5.82 Å². The summed E-state index contributed by atoms with van der Waals surface area (Å²) in [7, 11) is 1.89. The Hall–Kier alpha value is -0.970. The number of hydrogen-bond acceptors (Lipinski definition) is 3. The van der Waals surface area contributed by atoms with Gasteiger partial charge in [0.15, 0.2) is 0 Å². The molecule has 0 fully saturated rings. The molecule has 0 aliphatic heterocycles. The Balaban J connectivity index is 2.44. The van der Waals surface area contributed by atoms with Crippen molar-refractivity contribution in [1.82, 2.24) is 14.9 Å². The molecule has 0 aliphatic carbocycles. The van der Waals surface area contributed by atoms with E-state index in [1.807, 2.05) is 17.8 Å². The maximum atomic E-state index is 11.1. The summed E-state index contributed by atoms with van der Waals surface area (Å²) in [5.74, 6) is 0.758. The van der Waals surface area contributed by atoms with Crippen LogP contribution < -0.4 is 5.32 Å². The zero-order valence-corrected chi connectivity index (χ0v) is 8.58. The second-order valence-corrected chi connectivity index (χ2v) is 3.62. The van der Waals surface area contributed by atoms with E-state index in [-0.39, 0.29) is 11.2 Å². The maximum Gasteiger partial charge on any atom is 0.232 e. The van der Waals surface area contributed by atoms with E-state index < -0.39 is 0 Å². The zero-order valence-electron chi connectivity index (χ0n) is 7.69. The van der Waals surface area contributed by atoms with Crippen LogP contribution in [0.1, 0.15) is 12.7 Å². The van der Waals surface area contributed by atoms with E-state index in [0.717, 1.165) is 5.82 Å². The summed E-state index contributed by atoms with van der Waals surface area (Å²) in [5.41, 5.74) is 0. The van der Waals surface area contributed by atoms with E-state index in [0.29, 0.717) is 6.54 Å². The first-order valence-corrected chi connectivity index (χ1v) is 4.55. The number of thiol groups is 1. The van der Waals surface area contributed by atoms with Crippen LogP contribution in [0.15, 0.2) is 12.4 Å². The summed E-state index contributed by atoms with van der Waals surface area (Å²) in [5, 5.41) is 2.45. The Bertz CT molecular complexity index is 295.